The Hall–Kier alpha value is -2.10. The fraction of sp³-hybridized carbons (Fsp3) is 0.500. The highest BCUT2D eigenvalue weighted by Crippen LogP contribution is 2.35. The Morgan fingerprint density at radius 2 is 2.00 bits per heavy atom. The molecule has 1 amide bonds. The summed E-state index contributed by atoms with van der Waals surface area (Å²) in [4.78, 5) is 15.1. The molecule has 0 bridgehead atoms. The number of aromatic nitrogens is 2. The van der Waals surface area contributed by atoms with Crippen LogP contribution in [0.15, 0.2) is 24.3 Å². The van der Waals surface area contributed by atoms with Crippen LogP contribution in [0, 0.1) is 13.8 Å². The lowest BCUT2D eigenvalue weighted by molar-refractivity contribution is 0.0728. The minimum atomic E-state index is 0.0564. The largest absolute Gasteiger partial charge is 0.330 e. The number of carbonyl (C=O) groups excluding carboxylic acids is 1. The summed E-state index contributed by atoms with van der Waals surface area (Å²) in [5, 5.41) is 4.47. The molecule has 4 nitrogen and oxygen atoms in total. The zero-order chi connectivity index (χ0) is 17.4. The molecule has 1 aliphatic rings. The van der Waals surface area contributed by atoms with Crippen molar-refractivity contribution in [3.8, 4) is 0 Å². The minimum absolute atomic E-state index is 0.0564. The van der Waals surface area contributed by atoms with E-state index in [1.165, 1.54) is 16.7 Å². The maximum Gasteiger partial charge on any atom is 0.274 e. The summed E-state index contributed by atoms with van der Waals surface area (Å²) in [7, 11) is 1.91. The Balaban J connectivity index is 1.91. The Morgan fingerprint density at radius 3 is 2.67 bits per heavy atom. The van der Waals surface area contributed by atoms with Crippen LogP contribution in [0.5, 0.6) is 0 Å². The van der Waals surface area contributed by atoms with Gasteiger partial charge in [0.15, 0.2) is 5.69 Å². The molecule has 3 rings (SSSR count). The molecule has 1 fully saturated rings. The van der Waals surface area contributed by atoms with Gasteiger partial charge >= 0.3 is 0 Å². The highest BCUT2D eigenvalue weighted by molar-refractivity contribution is 5.93. The molecule has 1 aromatic heterocycles. The molecule has 0 spiro atoms. The lowest BCUT2D eigenvalue weighted by Gasteiger charge is -2.26. The molecule has 0 saturated carbocycles. The Bertz CT molecular complexity index is 760. The monoisotopic (exact) mass is 325 g/mol. The van der Waals surface area contributed by atoms with Crippen LogP contribution < -0.4 is 0 Å². The van der Waals surface area contributed by atoms with Gasteiger partial charge in [-0.25, -0.2) is 0 Å². The van der Waals surface area contributed by atoms with Crippen molar-refractivity contribution in [3.05, 3.63) is 52.3 Å². The van der Waals surface area contributed by atoms with E-state index in [2.05, 4.69) is 51.0 Å². The van der Waals surface area contributed by atoms with E-state index in [1.807, 2.05) is 22.7 Å². The summed E-state index contributed by atoms with van der Waals surface area (Å²) in [6.45, 7) is 9.30. The van der Waals surface area contributed by atoms with Crippen molar-refractivity contribution in [2.45, 2.75) is 52.5 Å². The number of benzene rings is 1. The van der Waals surface area contributed by atoms with Crippen LogP contribution in [0.2, 0.25) is 0 Å². The first-order chi connectivity index (χ1) is 11.4. The van der Waals surface area contributed by atoms with Crippen molar-refractivity contribution in [2.24, 2.45) is 7.05 Å². The number of amides is 1. The molecule has 0 radical (unpaired) electrons. The van der Waals surface area contributed by atoms with E-state index < -0.39 is 0 Å². The summed E-state index contributed by atoms with van der Waals surface area (Å²) in [6.07, 6.45) is 2.08. The van der Waals surface area contributed by atoms with Crippen LogP contribution >= 0.6 is 0 Å². The van der Waals surface area contributed by atoms with E-state index in [0.717, 1.165) is 25.1 Å². The van der Waals surface area contributed by atoms with Gasteiger partial charge in [-0.15, -0.1) is 0 Å². The molecule has 24 heavy (non-hydrogen) atoms. The summed E-state index contributed by atoms with van der Waals surface area (Å²) in [5.74, 6) is 0.415. The fourth-order valence-corrected chi connectivity index (χ4v) is 3.73. The molecule has 1 aromatic carbocycles. The van der Waals surface area contributed by atoms with Gasteiger partial charge in [0.05, 0.1) is 6.04 Å². The molecule has 1 aliphatic heterocycles. The SMILES string of the molecule is Cc1ccc(C)c(C2CCCN2C(=O)c2cc(C(C)C)n(C)n2)c1. The van der Waals surface area contributed by atoms with Gasteiger partial charge in [-0.2, -0.15) is 5.10 Å². The summed E-state index contributed by atoms with van der Waals surface area (Å²) >= 11 is 0. The standard InChI is InChI=1S/C20H27N3O/c1-13(2)19-12-17(21-22(19)5)20(24)23-10-6-7-18(23)16-11-14(3)8-9-15(16)4/h8-9,11-13,18H,6-7,10H2,1-5H3. The topological polar surface area (TPSA) is 38.1 Å². The highest BCUT2D eigenvalue weighted by atomic mass is 16.2. The van der Waals surface area contributed by atoms with Gasteiger partial charge in [-0.1, -0.05) is 37.6 Å². The van der Waals surface area contributed by atoms with Gasteiger partial charge in [0.25, 0.3) is 5.91 Å². The van der Waals surface area contributed by atoms with Crippen LogP contribution in [0.3, 0.4) is 0 Å². The Morgan fingerprint density at radius 1 is 1.25 bits per heavy atom. The van der Waals surface area contributed by atoms with Gasteiger partial charge in [0.1, 0.15) is 0 Å². The predicted molar refractivity (Wildman–Crippen MR) is 96.2 cm³/mol. The van der Waals surface area contributed by atoms with E-state index in [4.69, 9.17) is 0 Å². The van der Waals surface area contributed by atoms with Gasteiger partial charge < -0.3 is 4.90 Å². The quantitative estimate of drug-likeness (QED) is 0.850. The maximum atomic E-state index is 13.1. The van der Waals surface area contributed by atoms with E-state index in [0.29, 0.717) is 11.6 Å². The van der Waals surface area contributed by atoms with Crippen molar-refractivity contribution in [1.82, 2.24) is 14.7 Å². The Labute approximate surface area is 144 Å². The molecule has 2 heterocycles. The molecular formula is C20H27N3O. The first-order valence-electron chi connectivity index (χ1n) is 8.80. The molecule has 0 aliphatic carbocycles. The molecule has 1 saturated heterocycles. The van der Waals surface area contributed by atoms with Crippen LogP contribution in [0.4, 0.5) is 0 Å². The lowest BCUT2D eigenvalue weighted by atomic mass is 9.97. The van der Waals surface area contributed by atoms with E-state index in [1.54, 1.807) is 0 Å². The van der Waals surface area contributed by atoms with Gasteiger partial charge in [-0.3, -0.25) is 9.48 Å². The van der Waals surface area contributed by atoms with E-state index in [-0.39, 0.29) is 11.9 Å². The molecule has 1 atom stereocenters. The molecular weight excluding hydrogens is 298 g/mol. The van der Waals surface area contributed by atoms with Gasteiger partial charge in [0, 0.05) is 19.3 Å². The predicted octanol–water partition coefficient (Wildman–Crippen LogP) is 4.14. The second-order valence-corrected chi connectivity index (χ2v) is 7.25. The van der Waals surface area contributed by atoms with Crippen LogP contribution in [-0.4, -0.2) is 27.1 Å². The smallest absolute Gasteiger partial charge is 0.274 e. The average Bonchev–Trinajstić information content (AvgIpc) is 3.15. The first kappa shape index (κ1) is 16.7. The fourth-order valence-electron chi connectivity index (χ4n) is 3.73. The number of likely N-dealkylation sites (tertiary alicyclic amines) is 1. The van der Waals surface area contributed by atoms with Crippen molar-refractivity contribution in [1.29, 1.82) is 0 Å². The number of aryl methyl sites for hydroxylation is 3. The van der Waals surface area contributed by atoms with Crippen LogP contribution in [0.1, 0.15) is 71.5 Å². The van der Waals surface area contributed by atoms with Crippen LogP contribution in [0.25, 0.3) is 0 Å². The zero-order valence-electron chi connectivity index (χ0n) is 15.3. The zero-order valence-corrected chi connectivity index (χ0v) is 15.3. The van der Waals surface area contributed by atoms with Crippen molar-refractivity contribution in [2.75, 3.05) is 6.54 Å². The van der Waals surface area contributed by atoms with Crippen molar-refractivity contribution < 1.29 is 4.79 Å². The third-order valence-corrected chi connectivity index (χ3v) is 5.03. The van der Waals surface area contributed by atoms with Crippen molar-refractivity contribution >= 4 is 5.91 Å². The molecule has 2 aromatic rings. The molecule has 128 valence electrons. The molecule has 0 N–H and O–H groups in total. The first-order valence-corrected chi connectivity index (χ1v) is 8.80. The molecule has 1 unspecified atom stereocenters. The Kier molecular flexibility index (Phi) is 4.48. The summed E-state index contributed by atoms with van der Waals surface area (Å²) < 4.78 is 1.83. The highest BCUT2D eigenvalue weighted by Gasteiger charge is 2.32. The third-order valence-electron chi connectivity index (χ3n) is 5.03. The molecule has 4 heteroatoms. The van der Waals surface area contributed by atoms with Crippen LogP contribution in [-0.2, 0) is 7.05 Å². The van der Waals surface area contributed by atoms with Gasteiger partial charge in [0.2, 0.25) is 0 Å². The maximum absolute atomic E-state index is 13.1. The lowest BCUT2D eigenvalue weighted by Crippen LogP contribution is -2.31. The van der Waals surface area contributed by atoms with E-state index in [9.17, 15) is 4.79 Å². The van der Waals surface area contributed by atoms with Gasteiger partial charge in [-0.05, 0) is 49.8 Å². The number of hydrogen-bond acceptors (Lipinski definition) is 2. The minimum Gasteiger partial charge on any atom is -0.330 e. The number of nitrogens with zero attached hydrogens (tertiary/aromatic N) is 3. The number of rotatable bonds is 3. The number of hydrogen-bond donors (Lipinski definition) is 0. The second kappa shape index (κ2) is 6.42. The summed E-state index contributed by atoms with van der Waals surface area (Å²) in [6, 6.07) is 8.63. The van der Waals surface area contributed by atoms with Crippen molar-refractivity contribution in [3.63, 3.8) is 0 Å². The average molecular weight is 325 g/mol. The normalized spacial score (nSPS) is 17.8. The van der Waals surface area contributed by atoms with E-state index >= 15 is 0 Å². The third kappa shape index (κ3) is 2.97. The second-order valence-electron chi connectivity index (χ2n) is 7.25. The number of carbonyl (C=O) groups is 1. The summed E-state index contributed by atoms with van der Waals surface area (Å²) in [5.41, 5.74) is 5.45.